The monoisotopic (exact) mass is 604 g/mol. The molecule has 42 heavy (non-hydrogen) atoms. The van der Waals surface area contributed by atoms with Gasteiger partial charge in [0.05, 0.1) is 6.26 Å². The molecule has 4 rings (SSSR count). The minimum atomic E-state index is -3.35. The summed E-state index contributed by atoms with van der Waals surface area (Å²) in [7, 11) is -3.35. The van der Waals surface area contributed by atoms with Crippen molar-refractivity contribution in [1.82, 2.24) is 9.80 Å². The molecule has 0 aromatic heterocycles. The number of nitrogens with one attached hydrogen (secondary N) is 2. The van der Waals surface area contributed by atoms with Gasteiger partial charge in [0.1, 0.15) is 23.0 Å². The Bertz CT molecular complexity index is 1440. The van der Waals surface area contributed by atoms with Gasteiger partial charge in [0.2, 0.25) is 10.0 Å². The van der Waals surface area contributed by atoms with Gasteiger partial charge in [0.15, 0.2) is 11.6 Å². The minimum absolute atomic E-state index is 0.0887. The second kappa shape index (κ2) is 13.9. The highest BCUT2D eigenvalue weighted by Gasteiger charge is 2.29. The second-order valence-corrected chi connectivity index (χ2v) is 12.1. The molecule has 0 spiro atoms. The SMILES string of the molecule is CCCCN(C(=O)Nc1c(F)cc(F)cc1F)C1CCN(Cc2ccc(Oc3ccc(NS(C)(=O)=O)cc3)cc2)CC1. The number of nitrogens with zero attached hydrogens (tertiary/aromatic N) is 2. The molecule has 0 unspecified atom stereocenters. The number of benzene rings is 3. The first-order chi connectivity index (χ1) is 20.0. The van der Waals surface area contributed by atoms with Crippen LogP contribution in [-0.2, 0) is 16.6 Å². The van der Waals surface area contributed by atoms with Gasteiger partial charge in [-0.05, 0) is 61.2 Å². The van der Waals surface area contributed by atoms with Gasteiger partial charge in [-0.25, -0.2) is 26.4 Å². The Kier molecular flexibility index (Phi) is 10.3. The fraction of sp³-hybridized carbons (Fsp3) is 0.367. The molecule has 3 aromatic rings. The molecule has 0 radical (unpaired) electrons. The quantitative estimate of drug-likeness (QED) is 0.259. The van der Waals surface area contributed by atoms with Crippen molar-refractivity contribution in [3.8, 4) is 11.5 Å². The Morgan fingerprint density at radius 3 is 2.10 bits per heavy atom. The highest BCUT2D eigenvalue weighted by atomic mass is 32.2. The summed E-state index contributed by atoms with van der Waals surface area (Å²) in [5.74, 6) is -2.13. The number of carbonyl (C=O) groups is 1. The summed E-state index contributed by atoms with van der Waals surface area (Å²) < 4.78 is 72.5. The number of sulfonamides is 1. The molecule has 12 heteroatoms. The number of ether oxygens (including phenoxy) is 1. The molecule has 0 saturated carbocycles. The first-order valence-corrected chi connectivity index (χ1v) is 15.7. The van der Waals surface area contributed by atoms with Gasteiger partial charge < -0.3 is 15.0 Å². The normalized spacial score (nSPS) is 14.4. The number of likely N-dealkylation sites (tertiary alicyclic amines) is 1. The van der Waals surface area contributed by atoms with Gasteiger partial charge >= 0.3 is 6.03 Å². The third-order valence-electron chi connectivity index (χ3n) is 6.97. The third-order valence-corrected chi connectivity index (χ3v) is 7.58. The first kappa shape index (κ1) is 31.2. The predicted molar refractivity (Wildman–Crippen MR) is 157 cm³/mol. The van der Waals surface area contributed by atoms with E-state index in [1.165, 1.54) is 0 Å². The van der Waals surface area contributed by atoms with Crippen LogP contribution in [-0.4, -0.2) is 56.2 Å². The van der Waals surface area contributed by atoms with Gasteiger partial charge in [-0.15, -0.1) is 0 Å². The molecule has 0 atom stereocenters. The van der Waals surface area contributed by atoms with Crippen LogP contribution in [0.25, 0.3) is 0 Å². The highest BCUT2D eigenvalue weighted by Crippen LogP contribution is 2.26. The molecular weight excluding hydrogens is 569 g/mol. The Morgan fingerprint density at radius 2 is 1.55 bits per heavy atom. The number of urea groups is 1. The lowest BCUT2D eigenvalue weighted by molar-refractivity contribution is 0.122. The van der Waals surface area contributed by atoms with Crippen molar-refractivity contribution < 1.29 is 31.1 Å². The number of halogens is 3. The highest BCUT2D eigenvalue weighted by molar-refractivity contribution is 7.92. The van der Waals surface area contributed by atoms with Crippen LogP contribution in [0.1, 0.15) is 38.2 Å². The summed E-state index contributed by atoms with van der Waals surface area (Å²) in [6.45, 7) is 4.66. The molecule has 0 bridgehead atoms. The average molecular weight is 605 g/mol. The van der Waals surface area contributed by atoms with Gasteiger partial charge in [0.25, 0.3) is 0 Å². The molecule has 2 N–H and O–H groups in total. The third kappa shape index (κ3) is 8.86. The van der Waals surface area contributed by atoms with Gasteiger partial charge in [-0.1, -0.05) is 25.5 Å². The van der Waals surface area contributed by atoms with E-state index in [1.807, 2.05) is 31.2 Å². The molecule has 226 valence electrons. The number of hydrogen-bond donors (Lipinski definition) is 2. The molecule has 0 aliphatic carbocycles. The minimum Gasteiger partial charge on any atom is -0.457 e. The second-order valence-electron chi connectivity index (χ2n) is 10.4. The van der Waals surface area contributed by atoms with Crippen molar-refractivity contribution in [2.45, 2.75) is 45.2 Å². The lowest BCUT2D eigenvalue weighted by Gasteiger charge is -2.38. The van der Waals surface area contributed by atoms with E-state index < -0.39 is 39.2 Å². The van der Waals surface area contributed by atoms with E-state index in [0.29, 0.717) is 55.3 Å². The topological polar surface area (TPSA) is 91.0 Å². The smallest absolute Gasteiger partial charge is 0.322 e. The van der Waals surface area contributed by atoms with Crippen LogP contribution in [0.15, 0.2) is 60.7 Å². The van der Waals surface area contributed by atoms with E-state index in [9.17, 15) is 26.4 Å². The summed E-state index contributed by atoms with van der Waals surface area (Å²) in [6.07, 6.45) is 4.10. The van der Waals surface area contributed by atoms with Crippen LogP contribution in [0.4, 0.5) is 29.3 Å². The molecule has 8 nitrogen and oxygen atoms in total. The summed E-state index contributed by atoms with van der Waals surface area (Å²) >= 11 is 0. The molecule has 1 fully saturated rings. The van der Waals surface area contributed by atoms with Crippen LogP contribution < -0.4 is 14.8 Å². The van der Waals surface area contributed by atoms with Gasteiger partial charge in [0, 0.05) is 50.0 Å². The maximum absolute atomic E-state index is 14.1. The van der Waals surface area contributed by atoms with Crippen molar-refractivity contribution in [3.05, 3.63) is 83.7 Å². The zero-order chi connectivity index (χ0) is 30.3. The lowest BCUT2D eigenvalue weighted by atomic mass is 10.0. The molecule has 1 saturated heterocycles. The molecular formula is C30H35F3N4O4S. The Morgan fingerprint density at radius 1 is 0.976 bits per heavy atom. The fourth-order valence-corrected chi connectivity index (χ4v) is 5.43. The standard InChI is InChI=1S/C30H35F3N4O4S/c1-3-4-15-37(30(38)34-29-27(32)18-22(31)19-28(29)33)24-13-16-36(17-14-24)20-21-5-9-25(10-6-21)41-26-11-7-23(8-12-26)35-42(2,39)40/h5-12,18-19,24,35H,3-4,13-17,20H2,1-2H3,(H,34,38). The average Bonchev–Trinajstić information content (AvgIpc) is 2.93. The van der Waals surface area contributed by atoms with Crippen LogP contribution in [0, 0.1) is 17.5 Å². The van der Waals surface area contributed by atoms with E-state index in [4.69, 9.17) is 4.74 Å². The largest absolute Gasteiger partial charge is 0.457 e. The summed E-state index contributed by atoms with van der Waals surface area (Å²) in [5.41, 5.74) is 0.902. The van der Waals surface area contributed by atoms with E-state index in [2.05, 4.69) is 14.9 Å². The Hall–Kier alpha value is -3.77. The molecule has 1 heterocycles. The first-order valence-electron chi connectivity index (χ1n) is 13.8. The summed E-state index contributed by atoms with van der Waals surface area (Å²) in [5, 5.41) is 2.31. The zero-order valence-electron chi connectivity index (χ0n) is 23.6. The van der Waals surface area contributed by atoms with Crippen molar-refractivity contribution >= 4 is 27.4 Å². The van der Waals surface area contributed by atoms with E-state index in [0.717, 1.165) is 37.8 Å². The van der Waals surface area contributed by atoms with Crippen LogP contribution >= 0.6 is 0 Å². The number of anilines is 2. The number of hydrogen-bond acceptors (Lipinski definition) is 5. The molecule has 3 aromatic carbocycles. The summed E-state index contributed by atoms with van der Waals surface area (Å²) in [4.78, 5) is 17.0. The Labute approximate surface area is 244 Å². The van der Waals surface area contributed by atoms with Gasteiger partial charge in [-0.2, -0.15) is 0 Å². The number of amides is 2. The van der Waals surface area contributed by atoms with Crippen LogP contribution in [0.3, 0.4) is 0 Å². The number of unbranched alkanes of at least 4 members (excludes halogenated alkanes) is 1. The number of rotatable bonds is 11. The van der Waals surface area contributed by atoms with Crippen molar-refractivity contribution in [3.63, 3.8) is 0 Å². The van der Waals surface area contributed by atoms with E-state index in [1.54, 1.807) is 29.2 Å². The van der Waals surface area contributed by atoms with E-state index in [-0.39, 0.29) is 6.04 Å². The van der Waals surface area contributed by atoms with Gasteiger partial charge in [-0.3, -0.25) is 9.62 Å². The molecule has 2 amide bonds. The fourth-order valence-electron chi connectivity index (χ4n) is 4.87. The lowest BCUT2D eigenvalue weighted by Crippen LogP contribution is -2.49. The Balaban J connectivity index is 1.30. The van der Waals surface area contributed by atoms with Crippen LogP contribution in [0.2, 0.25) is 0 Å². The van der Waals surface area contributed by atoms with Crippen molar-refractivity contribution in [1.29, 1.82) is 0 Å². The number of carbonyl (C=O) groups excluding carboxylic acids is 1. The maximum atomic E-state index is 14.1. The maximum Gasteiger partial charge on any atom is 0.322 e. The van der Waals surface area contributed by atoms with E-state index >= 15 is 0 Å². The number of piperidine rings is 1. The zero-order valence-corrected chi connectivity index (χ0v) is 24.4. The van der Waals surface area contributed by atoms with Crippen LogP contribution in [0.5, 0.6) is 11.5 Å². The van der Waals surface area contributed by atoms with Crippen molar-refractivity contribution in [2.75, 3.05) is 35.9 Å². The molecule has 1 aliphatic heterocycles. The van der Waals surface area contributed by atoms with Crippen molar-refractivity contribution in [2.24, 2.45) is 0 Å². The summed E-state index contributed by atoms with van der Waals surface area (Å²) in [6, 6.07) is 14.7. The predicted octanol–water partition coefficient (Wildman–Crippen LogP) is 6.57. The molecule has 1 aliphatic rings.